The van der Waals surface area contributed by atoms with Crippen molar-refractivity contribution in [3.8, 4) is 0 Å². The lowest BCUT2D eigenvalue weighted by Crippen LogP contribution is -2.41. The number of hydrogen-bond donors (Lipinski definition) is 5. The fourth-order valence-corrected chi connectivity index (χ4v) is 6.41. The lowest BCUT2D eigenvalue weighted by atomic mass is 9.94. The number of benzene rings is 1. The van der Waals surface area contributed by atoms with E-state index in [0.29, 0.717) is 43.7 Å². The highest BCUT2D eigenvalue weighted by molar-refractivity contribution is 6.13. The van der Waals surface area contributed by atoms with Crippen molar-refractivity contribution < 1.29 is 43.3 Å². The molecule has 3 aromatic rings. The van der Waals surface area contributed by atoms with Gasteiger partial charge in [0.25, 0.3) is 23.3 Å². The van der Waals surface area contributed by atoms with Crippen molar-refractivity contribution in [2.45, 2.75) is 95.4 Å². The number of rotatable bonds is 22. The SMILES string of the molecule is Nc1nc2ncc(CNc3ccc(C(=O)N[C@@H](CCC(=O)CCCOC4(OCCCC(=O)CCN5C(=O)C=CC5=O)CCCCC4)C(=O)O)cc3)nc2c(=O)[nH]1. The van der Waals surface area contributed by atoms with E-state index >= 15 is 0 Å². The number of ether oxygens (including phenoxy) is 2. The molecule has 3 heterocycles. The van der Waals surface area contributed by atoms with E-state index in [0.717, 1.165) is 24.2 Å². The van der Waals surface area contributed by atoms with Crippen LogP contribution in [0.2, 0.25) is 0 Å². The van der Waals surface area contributed by atoms with E-state index in [9.17, 15) is 38.7 Å². The van der Waals surface area contributed by atoms with Crippen LogP contribution in [0.1, 0.15) is 93.1 Å². The zero-order chi connectivity index (χ0) is 40.1. The molecule has 3 amide bonds. The monoisotopic (exact) mass is 774 g/mol. The molecule has 5 rings (SSSR count). The number of carboxylic acid groups (broad SMARTS) is 1. The number of nitrogens with zero attached hydrogens (tertiary/aromatic N) is 4. The number of H-pyrrole nitrogens is 1. The Labute approximate surface area is 321 Å². The van der Waals surface area contributed by atoms with Gasteiger partial charge in [0, 0.05) is 68.5 Å². The largest absolute Gasteiger partial charge is 0.480 e. The van der Waals surface area contributed by atoms with Crippen LogP contribution in [0.25, 0.3) is 11.2 Å². The number of aromatic nitrogens is 4. The smallest absolute Gasteiger partial charge is 0.326 e. The first kappa shape index (κ1) is 41.3. The lowest BCUT2D eigenvalue weighted by Gasteiger charge is -2.37. The van der Waals surface area contributed by atoms with Gasteiger partial charge in [-0.2, -0.15) is 4.98 Å². The van der Waals surface area contributed by atoms with Crippen molar-refractivity contribution in [3.63, 3.8) is 0 Å². The molecule has 1 saturated carbocycles. The number of carbonyl (C=O) groups is 6. The minimum Gasteiger partial charge on any atom is -0.480 e. The third kappa shape index (κ3) is 11.8. The van der Waals surface area contributed by atoms with Gasteiger partial charge in [0.05, 0.1) is 31.6 Å². The van der Waals surface area contributed by atoms with Crippen molar-refractivity contribution in [2.24, 2.45) is 0 Å². The number of imide groups is 1. The molecule has 1 aliphatic carbocycles. The van der Waals surface area contributed by atoms with Gasteiger partial charge in [-0.15, -0.1) is 0 Å². The Morgan fingerprint density at radius 1 is 0.893 bits per heavy atom. The summed E-state index contributed by atoms with van der Waals surface area (Å²) in [5, 5.41) is 15.3. The van der Waals surface area contributed by atoms with E-state index in [-0.39, 0.29) is 86.0 Å². The molecule has 18 heteroatoms. The van der Waals surface area contributed by atoms with Crippen LogP contribution in [0, 0.1) is 0 Å². The van der Waals surface area contributed by atoms with Gasteiger partial charge < -0.3 is 30.9 Å². The Morgan fingerprint density at radius 2 is 1.54 bits per heavy atom. The predicted octanol–water partition coefficient (Wildman–Crippen LogP) is 2.58. The van der Waals surface area contributed by atoms with Crippen LogP contribution in [0.3, 0.4) is 0 Å². The second kappa shape index (κ2) is 19.6. The van der Waals surface area contributed by atoms with Gasteiger partial charge in [-0.1, -0.05) is 6.42 Å². The van der Waals surface area contributed by atoms with Gasteiger partial charge in [0.15, 0.2) is 17.0 Å². The van der Waals surface area contributed by atoms with E-state index < -0.39 is 41.1 Å². The molecule has 1 aromatic carbocycles. The summed E-state index contributed by atoms with van der Waals surface area (Å²) in [6, 6.07) is 5.04. The maximum atomic E-state index is 12.9. The first-order valence-corrected chi connectivity index (χ1v) is 18.7. The number of nitrogen functional groups attached to an aromatic ring is 1. The van der Waals surface area contributed by atoms with E-state index in [1.165, 1.54) is 30.5 Å². The lowest BCUT2D eigenvalue weighted by molar-refractivity contribution is -0.253. The molecule has 0 saturated heterocycles. The summed E-state index contributed by atoms with van der Waals surface area (Å²) in [6.45, 7) is 0.846. The Hall–Kier alpha value is -5.88. The molecule has 56 heavy (non-hydrogen) atoms. The van der Waals surface area contributed by atoms with Crippen LogP contribution < -0.4 is 21.9 Å². The van der Waals surface area contributed by atoms with Gasteiger partial charge >= 0.3 is 5.97 Å². The molecule has 0 bridgehead atoms. The highest BCUT2D eigenvalue weighted by Crippen LogP contribution is 2.33. The quantitative estimate of drug-likeness (QED) is 0.0558. The third-order valence-corrected chi connectivity index (χ3v) is 9.48. The number of anilines is 2. The summed E-state index contributed by atoms with van der Waals surface area (Å²) in [4.78, 5) is 101. The molecule has 2 aromatic heterocycles. The van der Waals surface area contributed by atoms with Crippen molar-refractivity contribution in [1.82, 2.24) is 30.2 Å². The number of aromatic amines is 1. The predicted molar refractivity (Wildman–Crippen MR) is 201 cm³/mol. The van der Waals surface area contributed by atoms with Gasteiger partial charge in [0.2, 0.25) is 5.95 Å². The maximum Gasteiger partial charge on any atom is 0.326 e. The second-order valence-corrected chi connectivity index (χ2v) is 13.7. The van der Waals surface area contributed by atoms with Crippen LogP contribution in [0.15, 0.2) is 47.4 Å². The molecular formula is C38H46N8O10. The normalized spacial score (nSPS) is 15.5. The molecule has 18 nitrogen and oxygen atoms in total. The summed E-state index contributed by atoms with van der Waals surface area (Å²) in [6.07, 6.45) is 9.40. The molecule has 298 valence electrons. The van der Waals surface area contributed by atoms with Gasteiger partial charge in [-0.25, -0.2) is 14.8 Å². The van der Waals surface area contributed by atoms with Crippen LogP contribution in [0.5, 0.6) is 0 Å². The average Bonchev–Trinajstić information content (AvgIpc) is 3.51. The van der Waals surface area contributed by atoms with Crippen molar-refractivity contribution in [1.29, 1.82) is 0 Å². The Bertz CT molecular complexity index is 1990. The fraction of sp³-hybridized carbons (Fsp3) is 0.474. The zero-order valence-corrected chi connectivity index (χ0v) is 30.9. The van der Waals surface area contributed by atoms with Crippen molar-refractivity contribution in [2.75, 3.05) is 30.8 Å². The van der Waals surface area contributed by atoms with Gasteiger partial charge in [0.1, 0.15) is 17.6 Å². The molecular weight excluding hydrogens is 728 g/mol. The average molecular weight is 775 g/mol. The number of Topliss-reactive ketones (excluding diaryl/α,β-unsaturated/α-hetero) is 2. The first-order chi connectivity index (χ1) is 26.9. The van der Waals surface area contributed by atoms with Crippen molar-refractivity contribution in [3.05, 3.63) is 64.2 Å². The highest BCUT2D eigenvalue weighted by atomic mass is 16.7. The maximum absolute atomic E-state index is 12.9. The molecule has 0 radical (unpaired) electrons. The fourth-order valence-electron chi connectivity index (χ4n) is 6.41. The van der Waals surface area contributed by atoms with Gasteiger partial charge in [-0.3, -0.25) is 38.7 Å². The Balaban J connectivity index is 0.989. The Kier molecular flexibility index (Phi) is 14.5. The topological polar surface area (TPSA) is 266 Å². The number of carboxylic acids is 1. The summed E-state index contributed by atoms with van der Waals surface area (Å²) in [7, 11) is 0. The number of ketones is 2. The van der Waals surface area contributed by atoms with Crippen LogP contribution in [-0.4, -0.2) is 96.8 Å². The summed E-state index contributed by atoms with van der Waals surface area (Å²) in [5.41, 5.74) is 6.53. The van der Waals surface area contributed by atoms with E-state index in [1.54, 1.807) is 12.1 Å². The van der Waals surface area contributed by atoms with Crippen LogP contribution >= 0.6 is 0 Å². The van der Waals surface area contributed by atoms with E-state index in [2.05, 4.69) is 30.6 Å². The molecule has 1 fully saturated rings. The summed E-state index contributed by atoms with van der Waals surface area (Å²) >= 11 is 0. The molecule has 6 N–H and O–H groups in total. The van der Waals surface area contributed by atoms with Crippen molar-refractivity contribution >= 4 is 58.1 Å². The summed E-state index contributed by atoms with van der Waals surface area (Å²) < 4.78 is 12.3. The zero-order valence-electron chi connectivity index (χ0n) is 30.9. The Morgan fingerprint density at radius 3 is 2.18 bits per heavy atom. The van der Waals surface area contributed by atoms with Gasteiger partial charge in [-0.05, 0) is 56.4 Å². The minimum atomic E-state index is -1.27. The second-order valence-electron chi connectivity index (χ2n) is 13.7. The number of amides is 3. The molecule has 2 aliphatic rings. The van der Waals surface area contributed by atoms with E-state index in [4.69, 9.17) is 15.2 Å². The molecule has 0 spiro atoms. The molecule has 0 unspecified atom stereocenters. The number of nitrogens with one attached hydrogen (secondary N) is 3. The highest BCUT2D eigenvalue weighted by Gasteiger charge is 2.34. The first-order valence-electron chi connectivity index (χ1n) is 18.7. The number of nitrogens with two attached hydrogens (primary N) is 1. The number of aliphatic carboxylic acids is 1. The molecule has 1 aliphatic heterocycles. The third-order valence-electron chi connectivity index (χ3n) is 9.48. The van der Waals surface area contributed by atoms with Crippen LogP contribution in [-0.2, 0) is 40.0 Å². The number of hydrogen-bond acceptors (Lipinski definition) is 14. The number of fused-ring (bicyclic) bond motifs is 1. The summed E-state index contributed by atoms with van der Waals surface area (Å²) in [5.74, 6) is -3.76. The van der Waals surface area contributed by atoms with Crippen LogP contribution in [0.4, 0.5) is 11.6 Å². The molecule has 1 atom stereocenters. The number of carbonyl (C=O) groups excluding carboxylic acids is 5. The standard InChI is InChI=1S/C38H46N8O10/c39-37-44-33-32(35(52)45-37)42-26(23-41-33)22-40-25-10-8-24(9-11-25)34(51)43-29(36(53)54)13-12-27(47)6-4-20-55-38(17-2-1-3-18-38)56-21-5-7-28(48)16-19-46-30(49)14-15-31(46)50/h8-11,14-15,23,29,40H,1-7,12-13,16-22H2,(H,43,51)(H,53,54)(H3,39,41,44,45,52)/t29-/m0/s1. The van der Waals surface area contributed by atoms with E-state index in [1.807, 2.05) is 0 Å². The minimum absolute atomic E-state index is 0.0423.